The lowest BCUT2D eigenvalue weighted by molar-refractivity contribution is 0.0522. The van der Waals surface area contributed by atoms with E-state index in [2.05, 4.69) is 0 Å². The number of hydrogen-bond acceptors (Lipinski definition) is 6. The Morgan fingerprint density at radius 1 is 0.960 bits per heavy atom. The van der Waals surface area contributed by atoms with Crippen LogP contribution >= 0.6 is 0 Å². The molecule has 1 aliphatic carbocycles. The fourth-order valence-corrected chi connectivity index (χ4v) is 3.02. The predicted molar refractivity (Wildman–Crippen MR) is 87.6 cm³/mol. The van der Waals surface area contributed by atoms with Crippen molar-refractivity contribution in [2.24, 2.45) is 0 Å². The average Bonchev–Trinajstić information content (AvgIpc) is 2.64. The molecule has 2 N–H and O–H groups in total. The van der Waals surface area contributed by atoms with E-state index in [1.54, 1.807) is 19.1 Å². The molecule has 3 rings (SSSR count). The zero-order chi connectivity index (χ0) is 18.1. The van der Waals surface area contributed by atoms with Crippen LogP contribution in [0, 0.1) is 0 Å². The molecule has 0 aromatic heterocycles. The first-order chi connectivity index (χ1) is 12.0. The zero-order valence-electron chi connectivity index (χ0n) is 13.5. The molecule has 2 aromatic rings. The topological polar surface area (TPSA) is 101 Å². The molecule has 0 saturated heterocycles. The first-order valence-corrected chi connectivity index (χ1v) is 7.80. The molecule has 6 nitrogen and oxygen atoms in total. The van der Waals surface area contributed by atoms with E-state index in [-0.39, 0.29) is 52.4 Å². The van der Waals surface area contributed by atoms with Crippen LogP contribution in [0.25, 0.3) is 0 Å². The van der Waals surface area contributed by atoms with Crippen LogP contribution in [0.5, 0.6) is 0 Å². The van der Waals surface area contributed by atoms with Crippen molar-refractivity contribution in [2.75, 3.05) is 6.61 Å². The smallest absolute Gasteiger partial charge is 0.338 e. The molecule has 2 aromatic carbocycles. The molecule has 0 atom stereocenters. The summed E-state index contributed by atoms with van der Waals surface area (Å²) in [7, 11) is 0. The van der Waals surface area contributed by atoms with Gasteiger partial charge in [0, 0.05) is 22.3 Å². The number of aliphatic hydroxyl groups is 2. The van der Waals surface area contributed by atoms with Crippen LogP contribution in [0.3, 0.4) is 0 Å². The van der Waals surface area contributed by atoms with Crippen LogP contribution in [0.2, 0.25) is 0 Å². The van der Waals surface area contributed by atoms with E-state index < -0.39 is 18.4 Å². The van der Waals surface area contributed by atoms with Gasteiger partial charge in [-0.3, -0.25) is 9.59 Å². The number of rotatable bonds is 4. The summed E-state index contributed by atoms with van der Waals surface area (Å²) in [6, 6.07) is 7.34. The Hall–Kier alpha value is -2.83. The van der Waals surface area contributed by atoms with Gasteiger partial charge in [-0.05, 0) is 30.2 Å². The molecular weight excluding hydrogens is 324 g/mol. The van der Waals surface area contributed by atoms with E-state index >= 15 is 0 Å². The summed E-state index contributed by atoms with van der Waals surface area (Å²) < 4.78 is 4.95. The maximum absolute atomic E-state index is 12.9. The van der Waals surface area contributed by atoms with E-state index in [0.29, 0.717) is 5.56 Å². The minimum atomic E-state index is -0.671. The molecule has 0 spiro atoms. The van der Waals surface area contributed by atoms with Gasteiger partial charge in [-0.15, -0.1) is 0 Å². The molecular formula is C19H16O6. The Labute approximate surface area is 143 Å². The number of aliphatic hydroxyl groups excluding tert-OH is 2. The number of fused-ring (bicyclic) bond motifs is 2. The molecule has 128 valence electrons. The summed E-state index contributed by atoms with van der Waals surface area (Å²) in [5, 5.41) is 19.0. The van der Waals surface area contributed by atoms with Crippen LogP contribution in [0.4, 0.5) is 0 Å². The van der Waals surface area contributed by atoms with Gasteiger partial charge in [-0.1, -0.05) is 18.2 Å². The van der Waals surface area contributed by atoms with Gasteiger partial charge in [0.15, 0.2) is 11.6 Å². The lowest BCUT2D eigenvalue weighted by Gasteiger charge is -2.21. The number of benzene rings is 2. The summed E-state index contributed by atoms with van der Waals surface area (Å²) in [6.45, 7) is 0.946. The van der Waals surface area contributed by atoms with Crippen molar-refractivity contribution >= 4 is 17.5 Å². The maximum Gasteiger partial charge on any atom is 0.338 e. The van der Waals surface area contributed by atoms with E-state index in [9.17, 15) is 24.6 Å². The number of carbonyl (C=O) groups is 3. The van der Waals surface area contributed by atoms with Gasteiger partial charge in [0.25, 0.3) is 0 Å². The van der Waals surface area contributed by atoms with Gasteiger partial charge in [0.05, 0.1) is 25.4 Å². The first-order valence-electron chi connectivity index (χ1n) is 7.80. The van der Waals surface area contributed by atoms with Crippen molar-refractivity contribution in [3.63, 3.8) is 0 Å². The van der Waals surface area contributed by atoms with Gasteiger partial charge in [-0.2, -0.15) is 0 Å². The number of carbonyl (C=O) groups excluding carboxylic acids is 3. The van der Waals surface area contributed by atoms with Crippen molar-refractivity contribution < 1.29 is 29.3 Å². The van der Waals surface area contributed by atoms with Gasteiger partial charge in [0.1, 0.15) is 0 Å². The Kier molecular flexibility index (Phi) is 4.48. The first kappa shape index (κ1) is 17.0. The number of ether oxygens (including phenoxy) is 1. The van der Waals surface area contributed by atoms with Crippen molar-refractivity contribution in [1.82, 2.24) is 0 Å². The van der Waals surface area contributed by atoms with Crippen molar-refractivity contribution in [1.29, 1.82) is 0 Å². The van der Waals surface area contributed by atoms with E-state index in [4.69, 9.17) is 4.74 Å². The third-order valence-corrected chi connectivity index (χ3v) is 4.19. The van der Waals surface area contributed by atoms with E-state index in [0.717, 1.165) is 0 Å². The van der Waals surface area contributed by atoms with Crippen molar-refractivity contribution in [2.45, 2.75) is 20.1 Å². The molecule has 0 fully saturated rings. The van der Waals surface area contributed by atoms with Crippen LogP contribution in [-0.4, -0.2) is 34.4 Å². The van der Waals surface area contributed by atoms with Crippen LogP contribution in [0.15, 0.2) is 30.3 Å². The summed E-state index contributed by atoms with van der Waals surface area (Å²) in [5.74, 6) is -1.50. The molecule has 6 heteroatoms. The highest BCUT2D eigenvalue weighted by molar-refractivity contribution is 6.29. The largest absolute Gasteiger partial charge is 0.462 e. The molecule has 1 aliphatic rings. The molecule has 0 unspecified atom stereocenters. The summed E-state index contributed by atoms with van der Waals surface area (Å²) in [6.07, 6.45) is 0. The third-order valence-electron chi connectivity index (χ3n) is 4.19. The van der Waals surface area contributed by atoms with Gasteiger partial charge >= 0.3 is 5.97 Å². The molecule has 0 saturated carbocycles. The second-order valence-corrected chi connectivity index (χ2v) is 5.59. The highest BCUT2D eigenvalue weighted by Crippen LogP contribution is 2.32. The third kappa shape index (κ3) is 2.65. The van der Waals surface area contributed by atoms with E-state index in [1.807, 2.05) is 0 Å². The normalized spacial score (nSPS) is 12.6. The molecule has 0 aliphatic heterocycles. The molecule has 0 amide bonds. The minimum Gasteiger partial charge on any atom is -0.462 e. The highest BCUT2D eigenvalue weighted by Gasteiger charge is 2.33. The van der Waals surface area contributed by atoms with Crippen LogP contribution < -0.4 is 0 Å². The fraction of sp³-hybridized carbons (Fsp3) is 0.211. The van der Waals surface area contributed by atoms with Crippen molar-refractivity contribution in [3.8, 4) is 0 Å². The monoisotopic (exact) mass is 340 g/mol. The van der Waals surface area contributed by atoms with E-state index in [1.165, 1.54) is 18.2 Å². The highest BCUT2D eigenvalue weighted by atomic mass is 16.5. The predicted octanol–water partition coefficient (Wildman–Crippen LogP) is 1.62. The lowest BCUT2D eigenvalue weighted by Crippen LogP contribution is -2.24. The quantitative estimate of drug-likeness (QED) is 0.700. The summed E-state index contributed by atoms with van der Waals surface area (Å²) in [5.41, 5.74) is 1.17. The molecule has 25 heavy (non-hydrogen) atoms. The minimum absolute atomic E-state index is 0.0502. The molecule has 0 bridgehead atoms. The number of ketones is 2. The summed E-state index contributed by atoms with van der Waals surface area (Å²) in [4.78, 5) is 37.8. The Morgan fingerprint density at radius 3 is 2.28 bits per heavy atom. The Balaban J connectivity index is 2.24. The Bertz CT molecular complexity index is 897. The van der Waals surface area contributed by atoms with Gasteiger partial charge in [-0.25, -0.2) is 4.79 Å². The molecule has 0 heterocycles. The second kappa shape index (κ2) is 6.58. The SMILES string of the molecule is CCOC(=O)c1cc2c(cc1CO)C(=O)c1cccc(CO)c1C2=O. The maximum atomic E-state index is 12.9. The number of esters is 1. The lowest BCUT2D eigenvalue weighted by atomic mass is 9.80. The fourth-order valence-electron chi connectivity index (χ4n) is 3.02. The Morgan fingerprint density at radius 2 is 1.64 bits per heavy atom. The summed E-state index contributed by atoms with van der Waals surface area (Å²) >= 11 is 0. The van der Waals surface area contributed by atoms with Crippen molar-refractivity contribution in [3.05, 3.63) is 69.3 Å². The molecule has 0 radical (unpaired) electrons. The second-order valence-electron chi connectivity index (χ2n) is 5.59. The average molecular weight is 340 g/mol. The van der Waals surface area contributed by atoms with Gasteiger partial charge < -0.3 is 14.9 Å². The van der Waals surface area contributed by atoms with Crippen LogP contribution in [0.1, 0.15) is 60.3 Å². The standard InChI is InChI=1S/C19H16O6/c1-2-25-19(24)13-7-15-14(6-11(13)9-21)17(22)12-5-3-4-10(8-20)16(12)18(15)23/h3-7,20-21H,2,8-9H2,1H3. The zero-order valence-corrected chi connectivity index (χ0v) is 13.5. The van der Waals surface area contributed by atoms with Crippen LogP contribution in [-0.2, 0) is 18.0 Å². The number of hydrogen-bond donors (Lipinski definition) is 2. The van der Waals surface area contributed by atoms with Gasteiger partial charge in [0.2, 0.25) is 0 Å².